The normalized spacial score (nSPS) is 14.0. The number of fused-ring (bicyclic) bond motifs is 6. The van der Waals surface area contributed by atoms with Crippen molar-refractivity contribution in [3.8, 4) is 33.6 Å². The summed E-state index contributed by atoms with van der Waals surface area (Å²) in [6.45, 7) is 0. The lowest BCUT2D eigenvalue weighted by Crippen LogP contribution is -2.09. The molecule has 0 saturated heterocycles. The molecule has 2 nitrogen and oxygen atoms in total. The maximum Gasteiger partial charge on any atom is 0.0547 e. The summed E-state index contributed by atoms with van der Waals surface area (Å²) in [5.74, 6) is 0.347. The second-order valence-electron chi connectivity index (χ2n) is 13.3. The second-order valence-corrected chi connectivity index (χ2v) is 13.3. The van der Waals surface area contributed by atoms with Crippen molar-refractivity contribution in [3.63, 3.8) is 0 Å². The summed E-state index contributed by atoms with van der Waals surface area (Å²) in [5, 5.41) is 3.81. The quantitative estimate of drug-likeness (QED) is 0.178. The van der Waals surface area contributed by atoms with E-state index >= 15 is 0 Å². The summed E-state index contributed by atoms with van der Waals surface area (Å²) in [5.41, 5.74) is 15.0. The zero-order valence-electron chi connectivity index (χ0n) is 27.6. The van der Waals surface area contributed by atoms with Crippen molar-refractivity contribution >= 4 is 38.8 Å². The average Bonchev–Trinajstić information content (AvgIpc) is 3.70. The Labute approximate surface area is 291 Å². The van der Waals surface area contributed by atoms with Gasteiger partial charge in [-0.1, -0.05) is 146 Å². The molecular formula is C48H34N2. The zero-order chi connectivity index (χ0) is 33.0. The van der Waals surface area contributed by atoms with Gasteiger partial charge in [0, 0.05) is 44.7 Å². The van der Waals surface area contributed by atoms with Crippen LogP contribution in [0.2, 0.25) is 0 Å². The largest absolute Gasteiger partial charge is 0.313 e. The Morgan fingerprint density at radius 1 is 0.400 bits per heavy atom. The molecule has 0 N–H and O–H groups in total. The average molecular weight is 639 g/mol. The highest BCUT2D eigenvalue weighted by atomic mass is 15.0. The number of benzene rings is 7. The summed E-state index contributed by atoms with van der Waals surface area (Å²) in [7, 11) is 0. The SMILES string of the molecule is C1=CC(c2ccccc2)Cc2c1c1ccc(-c3ccc4c5ccc(-c6ccccc6)cc5n(-c5ccccc5)c4c3)cc1n2-c1ccccc1. The van der Waals surface area contributed by atoms with Crippen LogP contribution in [0.3, 0.4) is 0 Å². The highest BCUT2D eigenvalue weighted by molar-refractivity contribution is 6.11. The molecule has 10 rings (SSSR count). The number of rotatable bonds is 5. The molecule has 9 aromatic rings. The lowest BCUT2D eigenvalue weighted by atomic mass is 9.88. The summed E-state index contributed by atoms with van der Waals surface area (Å²) in [6, 6.07) is 64.1. The molecular weight excluding hydrogens is 605 g/mol. The summed E-state index contributed by atoms with van der Waals surface area (Å²) in [4.78, 5) is 0. The van der Waals surface area contributed by atoms with Crippen molar-refractivity contribution in [2.45, 2.75) is 12.3 Å². The highest BCUT2D eigenvalue weighted by Gasteiger charge is 2.24. The topological polar surface area (TPSA) is 9.86 Å². The van der Waals surface area contributed by atoms with Gasteiger partial charge in [0.2, 0.25) is 0 Å². The molecule has 0 saturated carbocycles. The van der Waals surface area contributed by atoms with Gasteiger partial charge in [-0.15, -0.1) is 0 Å². The molecule has 0 bridgehead atoms. The van der Waals surface area contributed by atoms with E-state index in [0.717, 1.165) is 12.1 Å². The third-order valence-corrected chi connectivity index (χ3v) is 10.5. The predicted molar refractivity (Wildman–Crippen MR) is 210 cm³/mol. The third-order valence-electron chi connectivity index (χ3n) is 10.5. The summed E-state index contributed by atoms with van der Waals surface area (Å²) < 4.78 is 4.93. The molecule has 0 aliphatic heterocycles. The van der Waals surface area contributed by atoms with Crippen LogP contribution in [0.5, 0.6) is 0 Å². The number of allylic oxidation sites excluding steroid dienone is 1. The lowest BCUT2D eigenvalue weighted by molar-refractivity contribution is 0.783. The number of hydrogen-bond acceptors (Lipinski definition) is 0. The number of para-hydroxylation sites is 2. The van der Waals surface area contributed by atoms with E-state index in [2.05, 4.69) is 197 Å². The maximum atomic E-state index is 2.50. The fourth-order valence-corrected chi connectivity index (χ4v) is 8.09. The van der Waals surface area contributed by atoms with E-state index in [1.807, 2.05) is 0 Å². The predicted octanol–water partition coefficient (Wildman–Crippen LogP) is 12.4. The monoisotopic (exact) mass is 638 g/mol. The Balaban J connectivity index is 1.16. The van der Waals surface area contributed by atoms with Crippen LogP contribution < -0.4 is 0 Å². The number of nitrogens with zero attached hydrogens (tertiary/aromatic N) is 2. The fourth-order valence-electron chi connectivity index (χ4n) is 8.09. The molecule has 1 aliphatic rings. The van der Waals surface area contributed by atoms with Crippen molar-refractivity contribution in [1.82, 2.24) is 9.13 Å². The van der Waals surface area contributed by atoms with Crippen LogP contribution in [0.15, 0.2) is 182 Å². The van der Waals surface area contributed by atoms with Crippen LogP contribution in [0.4, 0.5) is 0 Å². The van der Waals surface area contributed by atoms with Crippen molar-refractivity contribution in [3.05, 3.63) is 199 Å². The van der Waals surface area contributed by atoms with Crippen LogP contribution in [0.25, 0.3) is 72.4 Å². The highest BCUT2D eigenvalue weighted by Crippen LogP contribution is 2.41. The first-order chi connectivity index (χ1) is 24.8. The molecule has 0 radical (unpaired) electrons. The second kappa shape index (κ2) is 11.6. The Kier molecular flexibility index (Phi) is 6.67. The zero-order valence-corrected chi connectivity index (χ0v) is 27.6. The first kappa shape index (κ1) is 28.6. The van der Waals surface area contributed by atoms with Crippen LogP contribution in [0, 0.1) is 0 Å². The van der Waals surface area contributed by atoms with Gasteiger partial charge < -0.3 is 9.13 Å². The van der Waals surface area contributed by atoms with E-state index in [0.29, 0.717) is 5.92 Å². The molecule has 2 heteroatoms. The van der Waals surface area contributed by atoms with E-state index in [4.69, 9.17) is 0 Å². The first-order valence-electron chi connectivity index (χ1n) is 17.5. The van der Waals surface area contributed by atoms with E-state index in [1.54, 1.807) is 0 Å². The van der Waals surface area contributed by atoms with Crippen molar-refractivity contribution < 1.29 is 0 Å². The first-order valence-corrected chi connectivity index (χ1v) is 17.5. The molecule has 1 aliphatic carbocycles. The summed E-state index contributed by atoms with van der Waals surface area (Å²) >= 11 is 0. The molecule has 236 valence electrons. The molecule has 0 spiro atoms. The van der Waals surface area contributed by atoms with Gasteiger partial charge in [0.05, 0.1) is 16.6 Å². The van der Waals surface area contributed by atoms with Crippen molar-refractivity contribution in [1.29, 1.82) is 0 Å². The minimum absolute atomic E-state index is 0.347. The molecule has 7 aromatic carbocycles. The maximum absolute atomic E-state index is 2.50. The minimum atomic E-state index is 0.347. The molecule has 2 aromatic heterocycles. The Hall–Kier alpha value is -6.38. The molecule has 50 heavy (non-hydrogen) atoms. The molecule has 0 fully saturated rings. The Bertz CT molecular complexity index is 2700. The number of hydrogen-bond donors (Lipinski definition) is 0. The number of aromatic nitrogens is 2. The Morgan fingerprint density at radius 3 is 1.44 bits per heavy atom. The Morgan fingerprint density at radius 2 is 0.860 bits per heavy atom. The van der Waals surface area contributed by atoms with E-state index in [1.165, 1.54) is 77.5 Å². The van der Waals surface area contributed by atoms with Gasteiger partial charge in [0.1, 0.15) is 0 Å². The van der Waals surface area contributed by atoms with E-state index in [9.17, 15) is 0 Å². The minimum Gasteiger partial charge on any atom is -0.313 e. The van der Waals surface area contributed by atoms with Crippen molar-refractivity contribution in [2.75, 3.05) is 0 Å². The van der Waals surface area contributed by atoms with E-state index in [-0.39, 0.29) is 0 Å². The van der Waals surface area contributed by atoms with Gasteiger partial charge in [-0.25, -0.2) is 0 Å². The van der Waals surface area contributed by atoms with Crippen LogP contribution in [-0.2, 0) is 6.42 Å². The van der Waals surface area contributed by atoms with Gasteiger partial charge in [-0.05, 0) is 76.7 Å². The van der Waals surface area contributed by atoms with E-state index < -0.39 is 0 Å². The van der Waals surface area contributed by atoms with Crippen molar-refractivity contribution in [2.24, 2.45) is 0 Å². The smallest absolute Gasteiger partial charge is 0.0547 e. The third kappa shape index (κ3) is 4.64. The van der Waals surface area contributed by atoms with Crippen LogP contribution >= 0.6 is 0 Å². The van der Waals surface area contributed by atoms with Gasteiger partial charge in [0.25, 0.3) is 0 Å². The van der Waals surface area contributed by atoms with Gasteiger partial charge in [0.15, 0.2) is 0 Å². The van der Waals surface area contributed by atoms with Gasteiger partial charge >= 0.3 is 0 Å². The van der Waals surface area contributed by atoms with Gasteiger partial charge in [-0.3, -0.25) is 0 Å². The molecule has 1 unspecified atom stereocenters. The molecule has 2 heterocycles. The lowest BCUT2D eigenvalue weighted by Gasteiger charge is -2.20. The van der Waals surface area contributed by atoms with Gasteiger partial charge in [-0.2, -0.15) is 0 Å². The molecule has 1 atom stereocenters. The van der Waals surface area contributed by atoms with Crippen LogP contribution in [0.1, 0.15) is 22.7 Å². The molecule has 0 amide bonds. The fraction of sp³-hybridized carbons (Fsp3) is 0.0417. The summed E-state index contributed by atoms with van der Waals surface area (Å²) in [6.07, 6.45) is 5.70. The standard InChI is InChI=1S/C48H34N2/c1-5-13-33(14-6-1)35-21-25-41-43-27-23-37(31-47(43)49(45(41)29-35)39-17-9-3-10-18-39)38-24-28-44-42-26-22-36(34-15-7-2-8-16-34)30-46(42)50(48(44)32-38)40-19-11-4-12-20-40/h1-29,31-32,36H,30H2. The van der Waals surface area contributed by atoms with Crippen LogP contribution in [-0.4, -0.2) is 9.13 Å².